The summed E-state index contributed by atoms with van der Waals surface area (Å²) in [6, 6.07) is 7.98. The van der Waals surface area contributed by atoms with E-state index in [1.807, 2.05) is 6.07 Å². The molecular formula is C10H13N3O4. The Morgan fingerprint density at radius 3 is 2.47 bits per heavy atom. The van der Waals surface area contributed by atoms with Gasteiger partial charge >= 0.3 is 12.0 Å². The van der Waals surface area contributed by atoms with Crippen LogP contribution in [0.5, 0.6) is 0 Å². The van der Waals surface area contributed by atoms with Crippen molar-refractivity contribution in [2.45, 2.75) is 6.42 Å². The molecule has 0 fully saturated rings. The van der Waals surface area contributed by atoms with Gasteiger partial charge in [-0.1, -0.05) is 18.2 Å². The van der Waals surface area contributed by atoms with E-state index in [1.54, 1.807) is 24.3 Å². The second-order valence-electron chi connectivity index (χ2n) is 3.19. The van der Waals surface area contributed by atoms with Crippen LogP contribution in [0.2, 0.25) is 0 Å². The fraction of sp³-hybridized carbons (Fsp3) is 0.200. The van der Waals surface area contributed by atoms with Crippen molar-refractivity contribution in [1.29, 1.82) is 0 Å². The third-order valence-corrected chi connectivity index (χ3v) is 1.86. The number of nitrogens with one attached hydrogen (secondary N) is 2. The zero-order valence-corrected chi connectivity index (χ0v) is 8.96. The van der Waals surface area contributed by atoms with Crippen molar-refractivity contribution in [1.82, 2.24) is 10.5 Å². The number of hydrogen-bond acceptors (Lipinski definition) is 4. The lowest BCUT2D eigenvalue weighted by Gasteiger charge is -2.15. The second-order valence-corrected chi connectivity index (χ2v) is 3.19. The molecule has 4 N–H and O–H groups in total. The largest absolute Gasteiger partial charge is 0.481 e. The number of rotatable bonds is 5. The number of hydrogen-bond donors (Lipinski definition) is 4. The Bertz CT molecular complexity index is 382. The van der Waals surface area contributed by atoms with E-state index in [1.165, 1.54) is 0 Å². The lowest BCUT2D eigenvalue weighted by Crippen LogP contribution is -2.41. The summed E-state index contributed by atoms with van der Waals surface area (Å²) < 4.78 is 0. The summed E-state index contributed by atoms with van der Waals surface area (Å²) in [5.41, 5.74) is 5.43. The van der Waals surface area contributed by atoms with Gasteiger partial charge in [-0.3, -0.25) is 15.4 Å². The fourth-order valence-corrected chi connectivity index (χ4v) is 1.01. The number of benzene rings is 1. The van der Waals surface area contributed by atoms with Crippen LogP contribution in [0.4, 0.5) is 10.5 Å². The predicted molar refractivity (Wildman–Crippen MR) is 59.3 cm³/mol. The molecule has 7 nitrogen and oxygen atoms in total. The number of urea groups is 1. The van der Waals surface area contributed by atoms with Gasteiger partial charge in [-0.25, -0.2) is 15.3 Å². The van der Waals surface area contributed by atoms with Crippen LogP contribution in [0.25, 0.3) is 0 Å². The molecule has 0 aliphatic rings. The molecule has 0 aliphatic carbocycles. The van der Waals surface area contributed by atoms with Crippen LogP contribution in [0, 0.1) is 0 Å². The van der Waals surface area contributed by atoms with Gasteiger partial charge in [0.1, 0.15) is 0 Å². The molecule has 0 aliphatic heterocycles. The van der Waals surface area contributed by atoms with Crippen molar-refractivity contribution in [3.8, 4) is 0 Å². The number of hydroxylamine groups is 2. The Morgan fingerprint density at radius 2 is 1.88 bits per heavy atom. The molecule has 0 saturated carbocycles. The molecular weight excluding hydrogens is 226 g/mol. The molecule has 0 heterocycles. The minimum absolute atomic E-state index is 0.280. The van der Waals surface area contributed by atoms with E-state index in [0.717, 1.165) is 0 Å². The number of nitrogens with zero attached hydrogens (tertiary/aromatic N) is 1. The highest BCUT2D eigenvalue weighted by molar-refractivity contribution is 5.75. The standard InChI is InChI=1S/C10H13N3O4/c14-9(15)6-7-13(17)10(16)12-11-8-4-2-1-3-5-8/h1-5,11,17H,6-7H2,(H,12,16)(H,14,15). The Labute approximate surface area is 97.6 Å². The number of carboxylic acid groups (broad SMARTS) is 1. The topological polar surface area (TPSA) is 102 Å². The van der Waals surface area contributed by atoms with Crippen molar-refractivity contribution in [2.24, 2.45) is 0 Å². The van der Waals surface area contributed by atoms with Crippen molar-refractivity contribution in [3.05, 3.63) is 30.3 Å². The molecule has 0 unspecified atom stereocenters. The van der Waals surface area contributed by atoms with Crippen LogP contribution in [0.1, 0.15) is 6.42 Å². The Kier molecular flexibility index (Phi) is 4.77. The maximum Gasteiger partial charge on any atom is 0.359 e. The van der Waals surface area contributed by atoms with Crippen molar-refractivity contribution in [3.63, 3.8) is 0 Å². The summed E-state index contributed by atoms with van der Waals surface area (Å²) in [6.45, 7) is -0.280. The van der Waals surface area contributed by atoms with E-state index >= 15 is 0 Å². The summed E-state index contributed by atoms with van der Waals surface area (Å²) in [5.74, 6) is -1.09. The van der Waals surface area contributed by atoms with Gasteiger partial charge in [0, 0.05) is 0 Å². The number of amides is 2. The molecule has 0 spiro atoms. The zero-order chi connectivity index (χ0) is 12.7. The van der Waals surface area contributed by atoms with Crippen LogP contribution in [0.3, 0.4) is 0 Å². The van der Waals surface area contributed by atoms with Crippen LogP contribution < -0.4 is 10.9 Å². The van der Waals surface area contributed by atoms with Gasteiger partial charge in [-0.2, -0.15) is 0 Å². The number of anilines is 1. The summed E-state index contributed by atoms with van der Waals surface area (Å²) in [4.78, 5) is 21.5. The normalized spacial score (nSPS) is 9.47. The highest BCUT2D eigenvalue weighted by Gasteiger charge is 2.11. The third kappa shape index (κ3) is 4.85. The lowest BCUT2D eigenvalue weighted by molar-refractivity contribution is -0.139. The molecule has 17 heavy (non-hydrogen) atoms. The van der Waals surface area contributed by atoms with Crippen molar-refractivity contribution >= 4 is 17.7 Å². The molecule has 7 heteroatoms. The number of carboxylic acids is 1. The average Bonchev–Trinajstić information content (AvgIpc) is 2.34. The van der Waals surface area contributed by atoms with Gasteiger partial charge in [0.15, 0.2) is 0 Å². The van der Waals surface area contributed by atoms with Crippen molar-refractivity contribution < 1.29 is 19.9 Å². The van der Waals surface area contributed by atoms with Crippen LogP contribution in [-0.2, 0) is 4.79 Å². The maximum atomic E-state index is 11.2. The number of carbonyl (C=O) groups excluding carboxylic acids is 1. The minimum Gasteiger partial charge on any atom is -0.481 e. The summed E-state index contributed by atoms with van der Waals surface area (Å²) in [5, 5.41) is 17.8. The molecule has 0 aromatic heterocycles. The van der Waals surface area contributed by atoms with E-state index < -0.39 is 12.0 Å². The first kappa shape index (κ1) is 12.8. The molecule has 0 radical (unpaired) electrons. The first-order valence-corrected chi connectivity index (χ1v) is 4.89. The predicted octanol–water partition coefficient (Wildman–Crippen LogP) is 0.889. The van der Waals surface area contributed by atoms with E-state index in [9.17, 15) is 9.59 Å². The van der Waals surface area contributed by atoms with E-state index in [-0.39, 0.29) is 13.0 Å². The molecule has 92 valence electrons. The fourth-order valence-electron chi connectivity index (χ4n) is 1.01. The van der Waals surface area contributed by atoms with Gasteiger partial charge < -0.3 is 5.11 Å². The first-order valence-electron chi connectivity index (χ1n) is 4.89. The molecule has 1 aromatic rings. The van der Waals surface area contributed by atoms with Gasteiger partial charge in [-0.15, -0.1) is 0 Å². The third-order valence-electron chi connectivity index (χ3n) is 1.86. The van der Waals surface area contributed by atoms with Crippen LogP contribution in [-0.4, -0.2) is 33.9 Å². The molecule has 0 bridgehead atoms. The van der Waals surface area contributed by atoms with Gasteiger partial charge in [0.2, 0.25) is 0 Å². The smallest absolute Gasteiger partial charge is 0.359 e. The molecule has 0 atom stereocenters. The molecule has 0 saturated heterocycles. The number of aliphatic carboxylic acids is 1. The SMILES string of the molecule is O=C(O)CCN(O)C(=O)NNc1ccccc1. The number of hydrazine groups is 1. The number of carbonyl (C=O) groups is 2. The van der Waals surface area contributed by atoms with Gasteiger partial charge in [-0.05, 0) is 12.1 Å². The zero-order valence-electron chi connectivity index (χ0n) is 8.96. The van der Waals surface area contributed by atoms with Crippen molar-refractivity contribution in [2.75, 3.05) is 12.0 Å². The Balaban J connectivity index is 2.32. The second kappa shape index (κ2) is 6.33. The quantitative estimate of drug-likeness (QED) is 0.451. The van der Waals surface area contributed by atoms with Crippen LogP contribution >= 0.6 is 0 Å². The Hall–Kier alpha value is -2.28. The monoisotopic (exact) mass is 239 g/mol. The maximum absolute atomic E-state index is 11.2. The first-order chi connectivity index (χ1) is 8.09. The van der Waals surface area contributed by atoms with Crippen LogP contribution in [0.15, 0.2) is 30.3 Å². The van der Waals surface area contributed by atoms with E-state index in [2.05, 4.69) is 10.9 Å². The summed E-state index contributed by atoms with van der Waals surface area (Å²) in [7, 11) is 0. The van der Waals surface area contributed by atoms with E-state index in [0.29, 0.717) is 10.8 Å². The highest BCUT2D eigenvalue weighted by atomic mass is 16.5. The molecule has 2 amide bonds. The number of para-hydroxylation sites is 1. The minimum atomic E-state index is -1.09. The lowest BCUT2D eigenvalue weighted by atomic mass is 10.3. The summed E-state index contributed by atoms with van der Waals surface area (Å²) >= 11 is 0. The molecule has 1 rings (SSSR count). The Morgan fingerprint density at radius 1 is 1.24 bits per heavy atom. The van der Waals surface area contributed by atoms with E-state index in [4.69, 9.17) is 10.3 Å². The molecule has 1 aromatic carbocycles. The summed E-state index contributed by atoms with van der Waals surface area (Å²) in [6.07, 6.45) is -0.324. The van der Waals surface area contributed by atoms with Gasteiger partial charge in [0.25, 0.3) is 0 Å². The average molecular weight is 239 g/mol. The van der Waals surface area contributed by atoms with Gasteiger partial charge in [0.05, 0.1) is 18.7 Å². The highest BCUT2D eigenvalue weighted by Crippen LogP contribution is 2.02.